The standard InChI is InChI=1S/C11H15ClO/c1-9(12)3-4-10-5-7-11(13-2)8-6-10/h5-9H,3-4H2,1-2H3. The van der Waals surface area contributed by atoms with Gasteiger partial charge >= 0.3 is 0 Å². The van der Waals surface area contributed by atoms with Crippen molar-refractivity contribution in [1.29, 1.82) is 0 Å². The summed E-state index contributed by atoms with van der Waals surface area (Å²) >= 11 is 5.86. The fraction of sp³-hybridized carbons (Fsp3) is 0.455. The Morgan fingerprint density at radius 1 is 1.31 bits per heavy atom. The Morgan fingerprint density at radius 3 is 2.38 bits per heavy atom. The number of aryl methyl sites for hydroxylation is 1. The quantitative estimate of drug-likeness (QED) is 0.675. The van der Waals surface area contributed by atoms with E-state index in [-0.39, 0.29) is 5.38 Å². The van der Waals surface area contributed by atoms with Crippen LogP contribution in [0.15, 0.2) is 24.3 Å². The van der Waals surface area contributed by atoms with E-state index in [4.69, 9.17) is 16.3 Å². The predicted octanol–water partition coefficient (Wildman–Crippen LogP) is 3.26. The average Bonchev–Trinajstić information content (AvgIpc) is 2.15. The van der Waals surface area contributed by atoms with Gasteiger partial charge in [0.25, 0.3) is 0 Å². The minimum absolute atomic E-state index is 0.252. The molecule has 0 aliphatic heterocycles. The number of rotatable bonds is 4. The van der Waals surface area contributed by atoms with E-state index in [0.29, 0.717) is 0 Å². The Hall–Kier alpha value is -0.690. The lowest BCUT2D eigenvalue weighted by atomic mass is 10.1. The third-order valence-corrected chi connectivity index (χ3v) is 2.21. The van der Waals surface area contributed by atoms with Gasteiger partial charge in [-0.05, 0) is 37.5 Å². The molecule has 0 aromatic heterocycles. The Balaban J connectivity index is 2.49. The Morgan fingerprint density at radius 2 is 1.92 bits per heavy atom. The van der Waals surface area contributed by atoms with E-state index in [1.807, 2.05) is 19.1 Å². The van der Waals surface area contributed by atoms with Crippen LogP contribution in [0, 0.1) is 0 Å². The van der Waals surface area contributed by atoms with Gasteiger partial charge in [-0.15, -0.1) is 11.6 Å². The lowest BCUT2D eigenvalue weighted by molar-refractivity contribution is 0.414. The molecule has 0 radical (unpaired) electrons. The van der Waals surface area contributed by atoms with Gasteiger partial charge in [-0.2, -0.15) is 0 Å². The summed E-state index contributed by atoms with van der Waals surface area (Å²) in [5.74, 6) is 0.905. The van der Waals surface area contributed by atoms with Crippen molar-refractivity contribution in [2.24, 2.45) is 0 Å². The number of hydrogen-bond donors (Lipinski definition) is 0. The van der Waals surface area contributed by atoms with Crippen molar-refractivity contribution in [3.05, 3.63) is 29.8 Å². The van der Waals surface area contributed by atoms with Crippen molar-refractivity contribution in [2.45, 2.75) is 25.1 Å². The summed E-state index contributed by atoms with van der Waals surface area (Å²) < 4.78 is 5.07. The molecule has 0 spiro atoms. The molecule has 1 unspecified atom stereocenters. The molecule has 0 aliphatic carbocycles. The van der Waals surface area contributed by atoms with Crippen molar-refractivity contribution in [3.63, 3.8) is 0 Å². The van der Waals surface area contributed by atoms with Crippen molar-refractivity contribution in [3.8, 4) is 5.75 Å². The van der Waals surface area contributed by atoms with Gasteiger partial charge in [-0.25, -0.2) is 0 Å². The summed E-state index contributed by atoms with van der Waals surface area (Å²) in [4.78, 5) is 0. The van der Waals surface area contributed by atoms with Crippen molar-refractivity contribution >= 4 is 11.6 Å². The number of methoxy groups -OCH3 is 1. The number of benzene rings is 1. The molecule has 1 atom stereocenters. The van der Waals surface area contributed by atoms with E-state index in [1.165, 1.54) is 5.56 Å². The molecule has 72 valence electrons. The van der Waals surface area contributed by atoms with Crippen LogP contribution in [0.1, 0.15) is 18.9 Å². The molecular formula is C11H15ClO. The topological polar surface area (TPSA) is 9.23 Å². The van der Waals surface area contributed by atoms with Crippen LogP contribution in [0.4, 0.5) is 0 Å². The Kier molecular flexibility index (Phi) is 4.10. The maximum absolute atomic E-state index is 5.86. The molecule has 0 fully saturated rings. The minimum atomic E-state index is 0.252. The zero-order valence-corrected chi connectivity index (χ0v) is 8.84. The molecular weight excluding hydrogens is 184 g/mol. The Bertz CT molecular complexity index is 241. The highest BCUT2D eigenvalue weighted by atomic mass is 35.5. The third-order valence-electron chi connectivity index (χ3n) is 1.99. The number of halogens is 1. The number of alkyl halides is 1. The maximum Gasteiger partial charge on any atom is 0.118 e. The fourth-order valence-electron chi connectivity index (χ4n) is 1.16. The van der Waals surface area contributed by atoms with Crippen LogP contribution in [0.2, 0.25) is 0 Å². The van der Waals surface area contributed by atoms with E-state index in [2.05, 4.69) is 12.1 Å². The molecule has 0 bridgehead atoms. The van der Waals surface area contributed by atoms with Crippen molar-refractivity contribution in [1.82, 2.24) is 0 Å². The largest absolute Gasteiger partial charge is 0.497 e. The molecule has 1 aromatic rings. The highest BCUT2D eigenvalue weighted by molar-refractivity contribution is 6.20. The molecule has 0 saturated carbocycles. The average molecular weight is 199 g/mol. The smallest absolute Gasteiger partial charge is 0.118 e. The molecule has 1 rings (SSSR count). The summed E-state index contributed by atoms with van der Waals surface area (Å²) in [5.41, 5.74) is 1.31. The monoisotopic (exact) mass is 198 g/mol. The second-order valence-electron chi connectivity index (χ2n) is 3.17. The van der Waals surface area contributed by atoms with E-state index in [9.17, 15) is 0 Å². The molecule has 1 aromatic carbocycles. The molecule has 0 N–H and O–H groups in total. The van der Waals surface area contributed by atoms with E-state index >= 15 is 0 Å². The van der Waals surface area contributed by atoms with Crippen LogP contribution in [0.25, 0.3) is 0 Å². The first-order valence-electron chi connectivity index (χ1n) is 4.49. The number of ether oxygens (including phenoxy) is 1. The van der Waals surface area contributed by atoms with Crippen molar-refractivity contribution < 1.29 is 4.74 Å². The summed E-state index contributed by atoms with van der Waals surface area (Å²) in [6, 6.07) is 8.12. The highest BCUT2D eigenvalue weighted by Gasteiger charge is 1.98. The van der Waals surface area contributed by atoms with Gasteiger partial charge in [0.2, 0.25) is 0 Å². The van der Waals surface area contributed by atoms with Crippen LogP contribution in [-0.2, 0) is 6.42 Å². The predicted molar refractivity (Wildman–Crippen MR) is 56.6 cm³/mol. The van der Waals surface area contributed by atoms with Crippen molar-refractivity contribution in [2.75, 3.05) is 7.11 Å². The molecule has 13 heavy (non-hydrogen) atoms. The molecule has 0 saturated heterocycles. The van der Waals surface area contributed by atoms with Gasteiger partial charge in [0, 0.05) is 5.38 Å². The molecule has 1 nitrogen and oxygen atoms in total. The zero-order chi connectivity index (χ0) is 9.68. The van der Waals surface area contributed by atoms with E-state index in [1.54, 1.807) is 7.11 Å². The van der Waals surface area contributed by atoms with Gasteiger partial charge in [0.15, 0.2) is 0 Å². The lowest BCUT2D eigenvalue weighted by Gasteiger charge is -2.04. The van der Waals surface area contributed by atoms with Gasteiger partial charge in [0.05, 0.1) is 7.11 Å². The highest BCUT2D eigenvalue weighted by Crippen LogP contribution is 2.14. The normalized spacial score (nSPS) is 12.5. The van der Waals surface area contributed by atoms with Crippen LogP contribution in [0.5, 0.6) is 5.75 Å². The summed E-state index contributed by atoms with van der Waals surface area (Å²) in [6.07, 6.45) is 2.06. The zero-order valence-electron chi connectivity index (χ0n) is 8.09. The summed E-state index contributed by atoms with van der Waals surface area (Å²) in [7, 11) is 1.68. The fourth-order valence-corrected chi connectivity index (χ4v) is 1.27. The van der Waals surface area contributed by atoms with Crippen LogP contribution >= 0.6 is 11.6 Å². The molecule has 2 heteroatoms. The van der Waals surface area contributed by atoms with Gasteiger partial charge in [-0.3, -0.25) is 0 Å². The van der Waals surface area contributed by atoms with Crippen LogP contribution in [0.3, 0.4) is 0 Å². The Labute approximate surface area is 84.7 Å². The summed E-state index contributed by atoms with van der Waals surface area (Å²) in [6.45, 7) is 2.02. The van der Waals surface area contributed by atoms with Crippen LogP contribution < -0.4 is 4.74 Å². The van der Waals surface area contributed by atoms with Gasteiger partial charge in [-0.1, -0.05) is 12.1 Å². The summed E-state index contributed by atoms with van der Waals surface area (Å²) in [5, 5.41) is 0.252. The first-order chi connectivity index (χ1) is 6.22. The second-order valence-corrected chi connectivity index (χ2v) is 3.91. The molecule has 0 heterocycles. The second kappa shape index (κ2) is 5.13. The van der Waals surface area contributed by atoms with Crippen LogP contribution in [-0.4, -0.2) is 12.5 Å². The maximum atomic E-state index is 5.86. The number of hydrogen-bond acceptors (Lipinski definition) is 1. The first kappa shape index (κ1) is 10.4. The van der Waals surface area contributed by atoms with E-state index in [0.717, 1.165) is 18.6 Å². The minimum Gasteiger partial charge on any atom is -0.497 e. The van der Waals surface area contributed by atoms with Gasteiger partial charge in [0.1, 0.15) is 5.75 Å². The van der Waals surface area contributed by atoms with E-state index < -0.39 is 0 Å². The first-order valence-corrected chi connectivity index (χ1v) is 4.93. The third kappa shape index (κ3) is 3.69. The molecule has 0 aliphatic rings. The lowest BCUT2D eigenvalue weighted by Crippen LogP contribution is -1.94. The van der Waals surface area contributed by atoms with Gasteiger partial charge < -0.3 is 4.74 Å². The SMILES string of the molecule is COc1ccc(CCC(C)Cl)cc1. The molecule has 0 amide bonds.